The Hall–Kier alpha value is -1.95. The Morgan fingerprint density at radius 1 is 1.42 bits per heavy atom. The van der Waals surface area contributed by atoms with E-state index in [0.29, 0.717) is 10.2 Å². The molecule has 0 radical (unpaired) electrons. The lowest BCUT2D eigenvalue weighted by Gasteiger charge is -2.09. The molecule has 0 aliphatic carbocycles. The van der Waals surface area contributed by atoms with Gasteiger partial charge >= 0.3 is 5.97 Å². The fraction of sp³-hybridized carbons (Fsp3) is 0.0769. The van der Waals surface area contributed by atoms with Crippen molar-refractivity contribution >= 4 is 21.9 Å². The van der Waals surface area contributed by atoms with E-state index in [1.807, 2.05) is 6.92 Å². The van der Waals surface area contributed by atoms with Crippen LogP contribution in [0.2, 0.25) is 0 Å². The summed E-state index contributed by atoms with van der Waals surface area (Å²) in [5.74, 6) is -2.38. The Labute approximate surface area is 117 Å². The second kappa shape index (κ2) is 5.36. The van der Waals surface area contributed by atoms with Gasteiger partial charge in [0.15, 0.2) is 5.82 Å². The fourth-order valence-electron chi connectivity index (χ4n) is 1.45. The summed E-state index contributed by atoms with van der Waals surface area (Å²) >= 11 is 3.29. The number of pyridine rings is 1. The number of carboxylic acids is 1. The number of ether oxygens (including phenoxy) is 1. The summed E-state index contributed by atoms with van der Waals surface area (Å²) in [7, 11) is 0. The van der Waals surface area contributed by atoms with Crippen molar-refractivity contribution in [1.82, 2.24) is 4.98 Å². The van der Waals surface area contributed by atoms with Crippen molar-refractivity contribution in [1.29, 1.82) is 0 Å². The van der Waals surface area contributed by atoms with E-state index in [9.17, 15) is 9.18 Å². The van der Waals surface area contributed by atoms with Crippen molar-refractivity contribution < 1.29 is 19.0 Å². The van der Waals surface area contributed by atoms with Crippen molar-refractivity contribution in [3.63, 3.8) is 0 Å². The molecule has 0 saturated heterocycles. The van der Waals surface area contributed by atoms with Gasteiger partial charge in [0, 0.05) is 6.20 Å². The van der Waals surface area contributed by atoms with E-state index in [0.717, 1.165) is 11.6 Å². The van der Waals surface area contributed by atoms with Crippen LogP contribution >= 0.6 is 15.9 Å². The highest BCUT2D eigenvalue weighted by Gasteiger charge is 2.17. The molecule has 6 heteroatoms. The van der Waals surface area contributed by atoms with Crippen LogP contribution in [-0.4, -0.2) is 16.1 Å². The molecule has 0 amide bonds. The summed E-state index contributed by atoms with van der Waals surface area (Å²) in [4.78, 5) is 14.5. The van der Waals surface area contributed by atoms with Crippen molar-refractivity contribution in [3.05, 3.63) is 51.9 Å². The Balaban J connectivity index is 2.38. The van der Waals surface area contributed by atoms with E-state index in [-0.39, 0.29) is 5.88 Å². The minimum Gasteiger partial charge on any atom is -0.478 e. The van der Waals surface area contributed by atoms with Crippen molar-refractivity contribution in [3.8, 4) is 11.6 Å². The molecule has 0 aliphatic heterocycles. The number of aromatic carboxylic acids is 1. The average Bonchev–Trinajstić information content (AvgIpc) is 2.34. The molecule has 2 aromatic rings. The molecule has 0 aliphatic rings. The van der Waals surface area contributed by atoms with Crippen LogP contribution in [0.3, 0.4) is 0 Å². The van der Waals surface area contributed by atoms with Gasteiger partial charge in [-0.3, -0.25) is 0 Å². The standard InChI is InChI=1S/C13H9BrFNO3/c1-7-2-3-10(9(14)6-7)19-12-11(15)8(13(17)18)4-5-16-12/h2-6H,1H3,(H,17,18). The Morgan fingerprint density at radius 2 is 2.16 bits per heavy atom. The molecule has 0 saturated carbocycles. The molecule has 1 aromatic heterocycles. The molecule has 1 heterocycles. The molecule has 0 bridgehead atoms. The lowest BCUT2D eigenvalue weighted by Crippen LogP contribution is -2.03. The van der Waals surface area contributed by atoms with Crippen LogP contribution in [0.5, 0.6) is 11.6 Å². The monoisotopic (exact) mass is 325 g/mol. The van der Waals surface area contributed by atoms with Crippen molar-refractivity contribution in [2.24, 2.45) is 0 Å². The molecule has 1 N–H and O–H groups in total. The first-order valence-electron chi connectivity index (χ1n) is 5.31. The fourth-order valence-corrected chi connectivity index (χ4v) is 2.03. The molecule has 98 valence electrons. The normalized spacial score (nSPS) is 10.3. The number of nitrogens with zero attached hydrogens (tertiary/aromatic N) is 1. The van der Waals surface area contributed by atoms with Gasteiger partial charge in [-0.05, 0) is 46.6 Å². The molecule has 4 nitrogen and oxygen atoms in total. The molecule has 0 atom stereocenters. The summed E-state index contributed by atoms with van der Waals surface area (Å²) < 4.78 is 19.8. The van der Waals surface area contributed by atoms with E-state index in [1.165, 1.54) is 6.20 Å². The number of aryl methyl sites for hydroxylation is 1. The zero-order valence-corrected chi connectivity index (χ0v) is 11.4. The van der Waals surface area contributed by atoms with Crippen molar-refractivity contribution in [2.45, 2.75) is 6.92 Å². The average molecular weight is 326 g/mol. The molecule has 1 aromatic carbocycles. The van der Waals surface area contributed by atoms with Gasteiger partial charge < -0.3 is 9.84 Å². The van der Waals surface area contributed by atoms with E-state index in [1.54, 1.807) is 18.2 Å². The second-order valence-corrected chi connectivity index (χ2v) is 4.67. The van der Waals surface area contributed by atoms with Crippen LogP contribution < -0.4 is 4.74 Å². The zero-order valence-electron chi connectivity index (χ0n) is 9.85. The summed E-state index contributed by atoms with van der Waals surface area (Å²) in [5.41, 5.74) is 0.528. The highest BCUT2D eigenvalue weighted by molar-refractivity contribution is 9.10. The molecule has 19 heavy (non-hydrogen) atoms. The number of halogens is 2. The van der Waals surface area contributed by atoms with Crippen molar-refractivity contribution in [2.75, 3.05) is 0 Å². The zero-order chi connectivity index (χ0) is 14.0. The second-order valence-electron chi connectivity index (χ2n) is 3.82. The SMILES string of the molecule is Cc1ccc(Oc2nccc(C(=O)O)c2F)c(Br)c1. The van der Waals surface area contributed by atoms with Crippen LogP contribution in [0.1, 0.15) is 15.9 Å². The maximum atomic E-state index is 13.8. The maximum Gasteiger partial charge on any atom is 0.338 e. The number of hydrogen-bond acceptors (Lipinski definition) is 3. The van der Waals surface area contributed by atoms with E-state index < -0.39 is 17.3 Å². The van der Waals surface area contributed by atoms with Crippen LogP contribution in [-0.2, 0) is 0 Å². The number of aromatic nitrogens is 1. The van der Waals surface area contributed by atoms with E-state index >= 15 is 0 Å². The number of carboxylic acid groups (broad SMARTS) is 1. The summed E-state index contributed by atoms with van der Waals surface area (Å²) in [6.45, 7) is 1.90. The van der Waals surface area contributed by atoms with Gasteiger partial charge in [-0.2, -0.15) is 0 Å². The smallest absolute Gasteiger partial charge is 0.338 e. The maximum absolute atomic E-state index is 13.8. The topological polar surface area (TPSA) is 59.4 Å². The Morgan fingerprint density at radius 3 is 2.79 bits per heavy atom. The highest BCUT2D eigenvalue weighted by atomic mass is 79.9. The first kappa shape index (κ1) is 13.5. The Bertz CT molecular complexity index is 646. The first-order chi connectivity index (χ1) is 8.99. The number of carbonyl (C=O) groups is 1. The van der Waals surface area contributed by atoms with Gasteiger partial charge in [-0.25, -0.2) is 14.2 Å². The molecule has 2 rings (SSSR count). The van der Waals surface area contributed by atoms with Crippen LogP contribution in [0.15, 0.2) is 34.9 Å². The van der Waals surface area contributed by atoms with Crippen LogP contribution in [0.4, 0.5) is 4.39 Å². The third-order valence-electron chi connectivity index (χ3n) is 2.38. The largest absolute Gasteiger partial charge is 0.478 e. The van der Waals surface area contributed by atoms with E-state index in [4.69, 9.17) is 9.84 Å². The van der Waals surface area contributed by atoms with Gasteiger partial charge in [0.05, 0.1) is 4.47 Å². The molecule has 0 spiro atoms. The minimum atomic E-state index is -1.37. The van der Waals surface area contributed by atoms with Gasteiger partial charge in [0.2, 0.25) is 0 Å². The predicted octanol–water partition coefficient (Wildman–Crippen LogP) is 3.78. The molecule has 0 unspecified atom stereocenters. The minimum absolute atomic E-state index is 0.361. The summed E-state index contributed by atoms with van der Waals surface area (Å²) in [6.07, 6.45) is 1.18. The Kier molecular flexibility index (Phi) is 3.80. The number of hydrogen-bond donors (Lipinski definition) is 1. The molecule has 0 fully saturated rings. The van der Waals surface area contributed by atoms with Crippen LogP contribution in [0, 0.1) is 12.7 Å². The number of rotatable bonds is 3. The lowest BCUT2D eigenvalue weighted by atomic mass is 10.2. The van der Waals surface area contributed by atoms with Gasteiger partial charge in [-0.15, -0.1) is 0 Å². The first-order valence-corrected chi connectivity index (χ1v) is 6.10. The summed E-state index contributed by atoms with van der Waals surface area (Å²) in [5, 5.41) is 8.81. The van der Waals surface area contributed by atoms with Gasteiger partial charge in [-0.1, -0.05) is 6.07 Å². The number of benzene rings is 1. The van der Waals surface area contributed by atoms with E-state index in [2.05, 4.69) is 20.9 Å². The third kappa shape index (κ3) is 2.90. The predicted molar refractivity (Wildman–Crippen MR) is 70.1 cm³/mol. The quantitative estimate of drug-likeness (QED) is 0.932. The summed E-state index contributed by atoms with van der Waals surface area (Å²) in [6, 6.07) is 6.32. The molecular weight excluding hydrogens is 317 g/mol. The third-order valence-corrected chi connectivity index (χ3v) is 3.00. The van der Waals surface area contributed by atoms with Crippen LogP contribution in [0.25, 0.3) is 0 Å². The molecular formula is C13H9BrFNO3. The van der Waals surface area contributed by atoms with Gasteiger partial charge in [0.25, 0.3) is 5.88 Å². The highest BCUT2D eigenvalue weighted by Crippen LogP contribution is 2.31. The lowest BCUT2D eigenvalue weighted by molar-refractivity contribution is 0.0690. The van der Waals surface area contributed by atoms with Gasteiger partial charge in [0.1, 0.15) is 11.3 Å².